The van der Waals surface area contributed by atoms with Gasteiger partial charge in [0.2, 0.25) is 5.95 Å². The van der Waals surface area contributed by atoms with Gasteiger partial charge in [-0.05, 0) is 36.1 Å². The van der Waals surface area contributed by atoms with E-state index in [1.54, 1.807) is 11.3 Å². The van der Waals surface area contributed by atoms with E-state index in [0.29, 0.717) is 23.7 Å². The molecule has 0 aliphatic carbocycles. The predicted octanol–water partition coefficient (Wildman–Crippen LogP) is 4.46. The van der Waals surface area contributed by atoms with Crippen molar-refractivity contribution in [3.63, 3.8) is 0 Å². The van der Waals surface area contributed by atoms with Crippen LogP contribution in [-0.2, 0) is 0 Å². The molecule has 0 aliphatic rings. The van der Waals surface area contributed by atoms with Crippen LogP contribution in [0, 0.1) is 17.8 Å². The predicted molar refractivity (Wildman–Crippen MR) is 93.2 cm³/mol. The van der Waals surface area contributed by atoms with Crippen molar-refractivity contribution in [3.05, 3.63) is 11.4 Å². The van der Waals surface area contributed by atoms with Crippen molar-refractivity contribution in [2.45, 2.75) is 34.6 Å². The van der Waals surface area contributed by atoms with E-state index in [-0.39, 0.29) is 0 Å². The summed E-state index contributed by atoms with van der Waals surface area (Å²) in [7, 11) is 0. The van der Waals surface area contributed by atoms with Gasteiger partial charge >= 0.3 is 0 Å². The van der Waals surface area contributed by atoms with Crippen LogP contribution >= 0.6 is 11.3 Å². The summed E-state index contributed by atoms with van der Waals surface area (Å²) in [5, 5.41) is 9.95. The summed E-state index contributed by atoms with van der Waals surface area (Å²) in [5.41, 5.74) is 0. The van der Waals surface area contributed by atoms with E-state index in [0.717, 1.165) is 29.1 Å². The second kappa shape index (κ2) is 7.07. The number of nitrogens with zero attached hydrogens (tertiary/aromatic N) is 2. The van der Waals surface area contributed by atoms with Gasteiger partial charge < -0.3 is 10.6 Å². The van der Waals surface area contributed by atoms with E-state index in [1.807, 2.05) is 0 Å². The highest BCUT2D eigenvalue weighted by molar-refractivity contribution is 7.16. The molecule has 2 aromatic rings. The van der Waals surface area contributed by atoms with Crippen LogP contribution in [0.1, 0.15) is 34.6 Å². The first-order chi connectivity index (χ1) is 10.0. The van der Waals surface area contributed by atoms with Crippen LogP contribution in [0.5, 0.6) is 0 Å². The van der Waals surface area contributed by atoms with E-state index in [1.165, 1.54) is 0 Å². The van der Waals surface area contributed by atoms with Crippen molar-refractivity contribution in [2.75, 3.05) is 23.7 Å². The minimum absolute atomic E-state index is 0.635. The number of fused-ring (bicyclic) bond motifs is 1. The molecule has 2 rings (SSSR count). The second-order valence-corrected chi connectivity index (χ2v) is 6.99. The molecule has 0 atom stereocenters. The fourth-order valence-electron chi connectivity index (χ4n) is 2.68. The number of hydrogen-bond donors (Lipinski definition) is 2. The van der Waals surface area contributed by atoms with Crippen molar-refractivity contribution < 1.29 is 0 Å². The lowest BCUT2D eigenvalue weighted by molar-refractivity contribution is 0.304. The van der Waals surface area contributed by atoms with Gasteiger partial charge in [-0.15, -0.1) is 11.3 Å². The lowest BCUT2D eigenvalue weighted by Gasteiger charge is -2.25. The Morgan fingerprint density at radius 3 is 2.43 bits per heavy atom. The average molecular weight is 306 g/mol. The highest BCUT2D eigenvalue weighted by atomic mass is 32.1. The monoisotopic (exact) mass is 306 g/mol. The molecule has 4 nitrogen and oxygen atoms in total. The van der Waals surface area contributed by atoms with Gasteiger partial charge in [0.15, 0.2) is 0 Å². The third kappa shape index (κ3) is 3.84. The van der Waals surface area contributed by atoms with Gasteiger partial charge in [0.1, 0.15) is 10.6 Å². The van der Waals surface area contributed by atoms with E-state index in [2.05, 4.69) is 66.7 Å². The van der Waals surface area contributed by atoms with Crippen LogP contribution in [0.25, 0.3) is 10.2 Å². The van der Waals surface area contributed by atoms with E-state index in [4.69, 9.17) is 0 Å². The van der Waals surface area contributed by atoms with Crippen LogP contribution in [-0.4, -0.2) is 23.1 Å². The zero-order valence-electron chi connectivity index (χ0n) is 13.6. The van der Waals surface area contributed by atoms with Gasteiger partial charge in [-0.1, -0.05) is 27.7 Å². The van der Waals surface area contributed by atoms with Crippen LogP contribution in [0.2, 0.25) is 0 Å². The Morgan fingerprint density at radius 2 is 1.81 bits per heavy atom. The smallest absolute Gasteiger partial charge is 0.226 e. The Labute approximate surface area is 131 Å². The Hall–Kier alpha value is -1.36. The quantitative estimate of drug-likeness (QED) is 0.792. The normalized spacial score (nSPS) is 11.8. The van der Waals surface area contributed by atoms with Crippen LogP contribution in [0.15, 0.2) is 11.4 Å². The first-order valence-corrected chi connectivity index (χ1v) is 8.63. The minimum atomic E-state index is 0.635. The first-order valence-electron chi connectivity index (χ1n) is 7.75. The summed E-state index contributed by atoms with van der Waals surface area (Å²) in [4.78, 5) is 10.2. The lowest BCUT2D eigenvalue weighted by atomic mass is 9.85. The molecule has 21 heavy (non-hydrogen) atoms. The highest BCUT2D eigenvalue weighted by Gasteiger charge is 2.18. The van der Waals surface area contributed by atoms with Gasteiger partial charge in [0.05, 0.1) is 5.39 Å². The maximum atomic E-state index is 4.63. The molecule has 2 N–H and O–H groups in total. The van der Waals surface area contributed by atoms with Gasteiger partial charge in [-0.3, -0.25) is 0 Å². The number of thiophene rings is 1. The molecule has 0 unspecified atom stereocenters. The molecular formula is C16H26N4S. The van der Waals surface area contributed by atoms with E-state index >= 15 is 0 Å². The molecule has 2 aromatic heterocycles. The summed E-state index contributed by atoms with van der Waals surface area (Å²) < 4.78 is 0. The van der Waals surface area contributed by atoms with Crippen LogP contribution in [0.3, 0.4) is 0 Å². The zero-order chi connectivity index (χ0) is 15.4. The van der Waals surface area contributed by atoms with Gasteiger partial charge in [0.25, 0.3) is 0 Å². The molecule has 2 heterocycles. The Bertz CT molecular complexity index is 569. The van der Waals surface area contributed by atoms with Gasteiger partial charge in [0, 0.05) is 13.1 Å². The minimum Gasteiger partial charge on any atom is -0.369 e. The standard InChI is InChI=1S/C16H26N4S/c1-6-17-16-19-14(12-7-8-21-15(12)20-16)18-9-13(10(2)3)11(4)5/h7-8,10-11,13H,6,9H2,1-5H3,(H2,17,18,19,20). The van der Waals surface area contributed by atoms with Gasteiger partial charge in [-0.2, -0.15) is 4.98 Å². The lowest BCUT2D eigenvalue weighted by Crippen LogP contribution is -2.25. The summed E-state index contributed by atoms with van der Waals surface area (Å²) in [6.45, 7) is 13.0. The SMILES string of the molecule is CCNc1nc(NCC(C(C)C)C(C)C)c2ccsc2n1. The first kappa shape index (κ1) is 16.0. The number of anilines is 2. The number of nitrogens with one attached hydrogen (secondary N) is 2. The van der Waals surface area contributed by atoms with Crippen molar-refractivity contribution in [2.24, 2.45) is 17.8 Å². The van der Waals surface area contributed by atoms with Crippen LogP contribution < -0.4 is 10.6 Å². The maximum Gasteiger partial charge on any atom is 0.226 e. The summed E-state index contributed by atoms with van der Waals surface area (Å²) in [6, 6.07) is 2.10. The molecule has 116 valence electrons. The fourth-order valence-corrected chi connectivity index (χ4v) is 3.45. The molecular weight excluding hydrogens is 280 g/mol. The van der Waals surface area contributed by atoms with Crippen molar-refractivity contribution >= 4 is 33.3 Å². The third-order valence-corrected chi connectivity index (χ3v) is 4.68. The van der Waals surface area contributed by atoms with Crippen molar-refractivity contribution in [3.8, 4) is 0 Å². The van der Waals surface area contributed by atoms with Crippen LogP contribution in [0.4, 0.5) is 11.8 Å². The molecule has 0 amide bonds. The molecule has 0 aromatic carbocycles. The summed E-state index contributed by atoms with van der Waals surface area (Å²) >= 11 is 1.66. The molecule has 5 heteroatoms. The number of hydrogen-bond acceptors (Lipinski definition) is 5. The molecule has 0 saturated carbocycles. The Morgan fingerprint density at radius 1 is 1.10 bits per heavy atom. The van der Waals surface area contributed by atoms with Crippen molar-refractivity contribution in [1.29, 1.82) is 0 Å². The Kier molecular flexibility index (Phi) is 5.39. The number of rotatable bonds is 7. The topological polar surface area (TPSA) is 49.8 Å². The molecule has 0 saturated heterocycles. The zero-order valence-corrected chi connectivity index (χ0v) is 14.4. The summed E-state index contributed by atoms with van der Waals surface area (Å²) in [6.07, 6.45) is 0. The summed E-state index contributed by atoms with van der Waals surface area (Å²) in [5.74, 6) is 3.61. The molecule has 0 aliphatic heterocycles. The molecule has 0 radical (unpaired) electrons. The molecule has 0 bridgehead atoms. The average Bonchev–Trinajstić information content (AvgIpc) is 2.86. The van der Waals surface area contributed by atoms with E-state index < -0.39 is 0 Å². The number of aromatic nitrogens is 2. The van der Waals surface area contributed by atoms with Crippen molar-refractivity contribution in [1.82, 2.24) is 9.97 Å². The Balaban J connectivity index is 2.22. The third-order valence-electron chi connectivity index (χ3n) is 3.88. The fraction of sp³-hybridized carbons (Fsp3) is 0.625. The van der Waals surface area contributed by atoms with Gasteiger partial charge in [-0.25, -0.2) is 4.98 Å². The second-order valence-electron chi connectivity index (χ2n) is 6.10. The largest absolute Gasteiger partial charge is 0.369 e. The highest BCUT2D eigenvalue weighted by Crippen LogP contribution is 2.28. The van der Waals surface area contributed by atoms with E-state index in [9.17, 15) is 0 Å². The maximum absolute atomic E-state index is 4.63. The molecule has 0 spiro atoms. The molecule has 0 fully saturated rings.